The van der Waals surface area contributed by atoms with E-state index in [1.165, 1.54) is 16.3 Å². The van der Waals surface area contributed by atoms with Gasteiger partial charge in [-0.1, -0.05) is 42.5 Å². The highest BCUT2D eigenvalue weighted by molar-refractivity contribution is 5.85. The molecule has 134 valence electrons. The van der Waals surface area contributed by atoms with Crippen molar-refractivity contribution in [2.45, 2.75) is 25.4 Å². The minimum Gasteiger partial charge on any atom is -0.469 e. The lowest BCUT2D eigenvalue weighted by molar-refractivity contribution is -0.138. The molecule has 0 spiro atoms. The molecule has 1 atom stereocenters. The Hall–Kier alpha value is -2.59. The van der Waals surface area contributed by atoms with Gasteiger partial charge in [0.15, 0.2) is 0 Å². The van der Waals surface area contributed by atoms with Crippen molar-refractivity contribution in [2.75, 3.05) is 19.7 Å². The summed E-state index contributed by atoms with van der Waals surface area (Å²) in [5, 5.41) is 2.51. The second kappa shape index (κ2) is 7.75. The molecule has 26 heavy (non-hydrogen) atoms. The number of carbonyl (C=O) groups excluding carboxylic acids is 1. The van der Waals surface area contributed by atoms with Crippen molar-refractivity contribution >= 4 is 16.7 Å². The van der Waals surface area contributed by atoms with Crippen molar-refractivity contribution in [3.8, 4) is 0 Å². The van der Waals surface area contributed by atoms with Crippen LogP contribution >= 0.6 is 0 Å². The van der Waals surface area contributed by atoms with Gasteiger partial charge in [-0.15, -0.1) is 0 Å². The van der Waals surface area contributed by atoms with Gasteiger partial charge in [-0.25, -0.2) is 0 Å². The second-order valence-electron chi connectivity index (χ2n) is 6.75. The maximum Gasteiger partial charge on any atom is 0.223 e. The first kappa shape index (κ1) is 16.9. The summed E-state index contributed by atoms with van der Waals surface area (Å²) in [5.41, 5.74) is 1.28. The van der Waals surface area contributed by atoms with Gasteiger partial charge in [0.05, 0.1) is 19.0 Å². The lowest BCUT2D eigenvalue weighted by Crippen LogP contribution is -2.46. The van der Waals surface area contributed by atoms with Crippen molar-refractivity contribution in [3.05, 3.63) is 72.2 Å². The van der Waals surface area contributed by atoms with Crippen LogP contribution in [-0.4, -0.2) is 36.6 Å². The van der Waals surface area contributed by atoms with Crippen LogP contribution in [0.25, 0.3) is 10.8 Å². The maximum atomic E-state index is 12.5. The number of furan rings is 1. The van der Waals surface area contributed by atoms with Crippen LogP contribution in [0.2, 0.25) is 0 Å². The van der Waals surface area contributed by atoms with Crippen LogP contribution in [0.15, 0.2) is 65.3 Å². The van der Waals surface area contributed by atoms with Crippen LogP contribution in [-0.2, 0) is 22.4 Å². The van der Waals surface area contributed by atoms with E-state index >= 15 is 0 Å². The van der Waals surface area contributed by atoms with Crippen LogP contribution < -0.4 is 0 Å². The molecule has 1 aliphatic heterocycles. The summed E-state index contributed by atoms with van der Waals surface area (Å²) < 4.78 is 11.3. The number of carbonyl (C=O) groups is 1. The van der Waals surface area contributed by atoms with E-state index in [1.807, 2.05) is 17.0 Å². The van der Waals surface area contributed by atoms with Crippen LogP contribution in [0.4, 0.5) is 0 Å². The molecular formula is C22H23NO3. The molecule has 0 N–H and O–H groups in total. The summed E-state index contributed by atoms with van der Waals surface area (Å²) in [5.74, 6) is 1.03. The van der Waals surface area contributed by atoms with Gasteiger partial charge in [-0.3, -0.25) is 4.79 Å². The summed E-state index contributed by atoms with van der Waals surface area (Å²) in [6, 6.07) is 18.6. The fourth-order valence-electron chi connectivity index (χ4n) is 3.63. The molecule has 0 aliphatic carbocycles. The van der Waals surface area contributed by atoms with E-state index in [0.717, 1.165) is 12.2 Å². The second-order valence-corrected chi connectivity index (χ2v) is 6.75. The fraction of sp³-hybridized carbons (Fsp3) is 0.318. The minimum atomic E-state index is 0.0436. The Morgan fingerprint density at radius 2 is 1.96 bits per heavy atom. The highest BCUT2D eigenvalue weighted by atomic mass is 16.5. The first-order valence-electron chi connectivity index (χ1n) is 9.18. The minimum absolute atomic E-state index is 0.0436. The molecule has 1 aliphatic rings. The van der Waals surface area contributed by atoms with Gasteiger partial charge >= 0.3 is 0 Å². The number of benzene rings is 2. The number of aryl methyl sites for hydroxylation is 1. The first-order chi connectivity index (χ1) is 12.8. The zero-order valence-corrected chi connectivity index (χ0v) is 14.8. The van der Waals surface area contributed by atoms with Crippen molar-refractivity contribution in [2.24, 2.45) is 0 Å². The average Bonchev–Trinajstić information content (AvgIpc) is 3.20. The predicted molar refractivity (Wildman–Crippen MR) is 101 cm³/mol. The normalized spacial score (nSPS) is 17.5. The monoisotopic (exact) mass is 349 g/mol. The van der Waals surface area contributed by atoms with Gasteiger partial charge in [0.2, 0.25) is 5.91 Å². The predicted octanol–water partition coefficient (Wildman–Crippen LogP) is 3.84. The summed E-state index contributed by atoms with van der Waals surface area (Å²) in [6.45, 7) is 1.92. The number of nitrogens with zero attached hydrogens (tertiary/aromatic N) is 1. The van der Waals surface area contributed by atoms with E-state index in [4.69, 9.17) is 9.15 Å². The maximum absolute atomic E-state index is 12.5. The first-order valence-corrected chi connectivity index (χ1v) is 9.18. The number of ether oxygens (including phenoxy) is 1. The summed E-state index contributed by atoms with van der Waals surface area (Å²) in [4.78, 5) is 14.5. The van der Waals surface area contributed by atoms with Crippen LogP contribution in [0.5, 0.6) is 0 Å². The van der Waals surface area contributed by atoms with Gasteiger partial charge < -0.3 is 14.1 Å². The van der Waals surface area contributed by atoms with Crippen LogP contribution in [0, 0.1) is 0 Å². The standard InChI is InChI=1S/C22H23NO3/c24-22(11-10-19-8-4-13-25-19)23-12-14-26-20(16-23)15-18-7-3-6-17-5-1-2-9-21(17)18/h1-9,13,20H,10-12,14-16H2/t20-/m0/s1. The Kier molecular flexibility index (Phi) is 5.02. The molecule has 1 saturated heterocycles. The summed E-state index contributed by atoms with van der Waals surface area (Å²) >= 11 is 0. The van der Waals surface area contributed by atoms with Gasteiger partial charge in [0.25, 0.3) is 0 Å². The number of rotatable bonds is 5. The molecule has 1 aromatic heterocycles. The Morgan fingerprint density at radius 1 is 1.08 bits per heavy atom. The van der Waals surface area contributed by atoms with Gasteiger partial charge in [-0.2, -0.15) is 0 Å². The number of hydrogen-bond donors (Lipinski definition) is 0. The van der Waals surface area contributed by atoms with Gasteiger partial charge in [-0.05, 0) is 28.5 Å². The number of hydrogen-bond acceptors (Lipinski definition) is 3. The van der Waals surface area contributed by atoms with Crippen LogP contribution in [0.3, 0.4) is 0 Å². The Morgan fingerprint density at radius 3 is 2.85 bits per heavy atom. The van der Waals surface area contributed by atoms with Crippen molar-refractivity contribution in [1.82, 2.24) is 4.90 Å². The molecule has 3 aromatic rings. The zero-order valence-electron chi connectivity index (χ0n) is 14.8. The Bertz CT molecular complexity index is 867. The highest BCUT2D eigenvalue weighted by Crippen LogP contribution is 2.22. The third kappa shape index (κ3) is 3.81. The third-order valence-electron chi connectivity index (χ3n) is 4.98. The van der Waals surface area contributed by atoms with Crippen molar-refractivity contribution in [3.63, 3.8) is 0 Å². The lowest BCUT2D eigenvalue weighted by atomic mass is 9.99. The van der Waals surface area contributed by atoms with Crippen molar-refractivity contribution < 1.29 is 13.9 Å². The summed E-state index contributed by atoms with van der Waals surface area (Å²) in [6.07, 6.45) is 3.64. The molecule has 0 saturated carbocycles. The molecular weight excluding hydrogens is 326 g/mol. The van der Waals surface area contributed by atoms with Crippen molar-refractivity contribution in [1.29, 1.82) is 0 Å². The molecule has 0 radical (unpaired) electrons. The molecule has 2 heterocycles. The van der Waals surface area contributed by atoms with E-state index in [9.17, 15) is 4.79 Å². The van der Waals surface area contributed by atoms with Gasteiger partial charge in [0, 0.05) is 32.4 Å². The fourth-order valence-corrected chi connectivity index (χ4v) is 3.63. The number of morpholine rings is 1. The quantitative estimate of drug-likeness (QED) is 0.703. The van der Waals surface area contributed by atoms with Crippen LogP contribution in [0.1, 0.15) is 17.7 Å². The molecule has 1 amide bonds. The summed E-state index contributed by atoms with van der Waals surface area (Å²) in [7, 11) is 0. The Balaban J connectivity index is 1.39. The average molecular weight is 349 g/mol. The molecule has 0 unspecified atom stereocenters. The molecule has 4 nitrogen and oxygen atoms in total. The van der Waals surface area contributed by atoms with E-state index in [2.05, 4.69) is 42.5 Å². The smallest absolute Gasteiger partial charge is 0.223 e. The molecule has 0 bridgehead atoms. The molecule has 1 fully saturated rings. The number of amides is 1. The third-order valence-corrected chi connectivity index (χ3v) is 4.98. The van der Waals surface area contributed by atoms with E-state index in [-0.39, 0.29) is 12.0 Å². The van der Waals surface area contributed by atoms with E-state index < -0.39 is 0 Å². The number of fused-ring (bicyclic) bond motifs is 1. The lowest BCUT2D eigenvalue weighted by Gasteiger charge is -2.33. The molecule has 2 aromatic carbocycles. The zero-order chi connectivity index (χ0) is 17.8. The van der Waals surface area contributed by atoms with E-state index in [0.29, 0.717) is 32.5 Å². The highest BCUT2D eigenvalue weighted by Gasteiger charge is 2.24. The van der Waals surface area contributed by atoms with E-state index in [1.54, 1.807) is 6.26 Å². The largest absolute Gasteiger partial charge is 0.469 e. The molecule has 4 rings (SSSR count). The molecule has 4 heteroatoms. The topological polar surface area (TPSA) is 42.7 Å². The SMILES string of the molecule is O=C(CCc1ccco1)N1CCO[C@@H](Cc2cccc3ccccc23)C1. The van der Waals surface area contributed by atoms with Gasteiger partial charge in [0.1, 0.15) is 5.76 Å². The Labute approximate surface area is 153 Å².